The number of ether oxygens (including phenoxy) is 8. The minimum atomic E-state index is -1.77. The normalized spacial score (nSPS) is 51.7. The van der Waals surface area contributed by atoms with Crippen LogP contribution < -0.4 is 0 Å². The van der Waals surface area contributed by atoms with Crippen LogP contribution >= 0.6 is 0 Å². The largest absolute Gasteiger partial charge is 0.394 e. The van der Waals surface area contributed by atoms with Crippen LogP contribution in [0.1, 0.15) is 106 Å². The maximum Gasteiger partial charge on any atom is 0.187 e. The van der Waals surface area contributed by atoms with Gasteiger partial charge in [-0.3, -0.25) is 0 Å². The molecule has 0 radical (unpaired) electrons. The third-order valence-corrected chi connectivity index (χ3v) is 20.2. The van der Waals surface area contributed by atoms with Crippen molar-refractivity contribution in [2.45, 2.75) is 234 Å². The minimum Gasteiger partial charge on any atom is -0.394 e. The van der Waals surface area contributed by atoms with Gasteiger partial charge in [-0.1, -0.05) is 39.8 Å². The lowest BCUT2D eigenvalue weighted by molar-refractivity contribution is -0.383. The third-order valence-electron chi connectivity index (χ3n) is 20.2. The molecular formula is C52H86O22. The molecule has 4 saturated carbocycles. The average molecular weight is 1060 g/mol. The van der Waals surface area contributed by atoms with Gasteiger partial charge >= 0.3 is 0 Å². The standard InChI is InChI=1S/C52H86O22/c1-23(2)27(55)11-17-52(66,22-69-45-40(64)38(62)36(60)30(18-53)71-45)26-10-14-49(6)25(26)8-9-32-50(49,7)15-12-31-48(4,5)33(13-16-51(31,32)21-54)72-47-43(74-46-41(65)37(61)34(58)24(3)70-46)42(29(57)20-68-47)73-44-39(63)35(59)28(56)19-67-44/h21,24-47,53,55-66H,1,8-20,22H2,2-7H3/t24-,25+,26-,27-,28+,29-,30+,31-,32-,33-,34-,35-,36+,37+,38-,39+,40+,41+,42-,43+,44-,45+,46+,47-,49+,50+,51+,52+/m0/s1. The fourth-order valence-electron chi connectivity index (χ4n) is 15.5. The Kier molecular flexibility index (Phi) is 17.7. The molecule has 22 heteroatoms. The monoisotopic (exact) mass is 1060 g/mol. The molecule has 8 aliphatic rings. The van der Waals surface area contributed by atoms with Crippen LogP contribution in [0.3, 0.4) is 0 Å². The lowest BCUT2D eigenvalue weighted by Gasteiger charge is -2.69. The zero-order valence-electron chi connectivity index (χ0n) is 43.5. The van der Waals surface area contributed by atoms with E-state index in [1.165, 1.54) is 6.92 Å². The molecule has 0 unspecified atom stereocenters. The summed E-state index contributed by atoms with van der Waals surface area (Å²) < 4.78 is 48.6. The molecule has 22 nitrogen and oxygen atoms in total. The van der Waals surface area contributed by atoms with Gasteiger partial charge < -0.3 is 109 Å². The van der Waals surface area contributed by atoms with Crippen molar-refractivity contribution >= 4 is 6.29 Å². The molecule has 0 aromatic rings. The molecule has 74 heavy (non-hydrogen) atoms. The van der Waals surface area contributed by atoms with Crippen molar-refractivity contribution in [1.29, 1.82) is 0 Å². The number of hydrogen-bond acceptors (Lipinski definition) is 22. The fraction of sp³-hybridized carbons (Fsp3) is 0.942. The van der Waals surface area contributed by atoms with Crippen molar-refractivity contribution in [3.8, 4) is 0 Å². The number of fused-ring (bicyclic) bond motifs is 5. The van der Waals surface area contributed by atoms with E-state index in [0.717, 1.165) is 19.1 Å². The number of carbonyl (C=O) groups excluding carboxylic acids is 1. The second-order valence-electron chi connectivity index (χ2n) is 24.4. The van der Waals surface area contributed by atoms with Gasteiger partial charge in [0, 0.05) is 5.41 Å². The quantitative estimate of drug-likeness (QED) is 0.0463. The first-order chi connectivity index (χ1) is 34.7. The number of rotatable bonds is 16. The van der Waals surface area contributed by atoms with E-state index in [0.29, 0.717) is 44.1 Å². The summed E-state index contributed by atoms with van der Waals surface area (Å²) in [4.78, 5) is 14.2. The fourth-order valence-corrected chi connectivity index (χ4v) is 15.5. The van der Waals surface area contributed by atoms with Gasteiger partial charge in [0.2, 0.25) is 0 Å². The number of aliphatic hydroxyl groups excluding tert-OH is 12. The van der Waals surface area contributed by atoms with Crippen LogP contribution in [0.4, 0.5) is 0 Å². The minimum absolute atomic E-state index is 0.0552. The number of carbonyl (C=O) groups is 1. The Morgan fingerprint density at radius 1 is 0.689 bits per heavy atom. The average Bonchev–Trinajstić information content (AvgIpc) is 3.74. The highest BCUT2D eigenvalue weighted by Gasteiger charge is 2.71. The van der Waals surface area contributed by atoms with E-state index in [1.807, 2.05) is 0 Å². The highest BCUT2D eigenvalue weighted by atomic mass is 16.8. The lowest BCUT2D eigenvalue weighted by atomic mass is 9.35. The maximum absolute atomic E-state index is 14.2. The third kappa shape index (κ3) is 10.1. The van der Waals surface area contributed by atoms with Crippen LogP contribution in [0.25, 0.3) is 0 Å². The van der Waals surface area contributed by atoms with Crippen molar-refractivity contribution in [2.24, 2.45) is 45.3 Å². The highest BCUT2D eigenvalue weighted by Crippen LogP contribution is 2.76. The Bertz CT molecular complexity index is 1930. The van der Waals surface area contributed by atoms with Gasteiger partial charge in [-0.2, -0.15) is 0 Å². The van der Waals surface area contributed by atoms with E-state index < -0.39 is 152 Å². The Morgan fingerprint density at radius 3 is 1.99 bits per heavy atom. The molecule has 4 heterocycles. The molecule has 13 N–H and O–H groups in total. The van der Waals surface area contributed by atoms with Gasteiger partial charge in [0.15, 0.2) is 25.2 Å². The van der Waals surface area contributed by atoms with Gasteiger partial charge in [0.25, 0.3) is 0 Å². The number of aldehydes is 1. The zero-order valence-corrected chi connectivity index (χ0v) is 43.5. The van der Waals surface area contributed by atoms with E-state index in [2.05, 4.69) is 34.3 Å². The highest BCUT2D eigenvalue weighted by molar-refractivity contribution is 5.62. The molecular weight excluding hydrogens is 977 g/mol. The summed E-state index contributed by atoms with van der Waals surface area (Å²) in [7, 11) is 0. The first kappa shape index (κ1) is 58.7. The van der Waals surface area contributed by atoms with E-state index in [9.17, 15) is 71.2 Å². The predicted octanol–water partition coefficient (Wildman–Crippen LogP) is -1.75. The molecule has 0 spiro atoms. The Hall–Kier alpha value is -1.43. The molecule has 4 saturated heterocycles. The summed E-state index contributed by atoms with van der Waals surface area (Å²) in [6.07, 6.45) is -22.4. The molecule has 426 valence electrons. The molecule has 0 aromatic carbocycles. The van der Waals surface area contributed by atoms with Gasteiger partial charge in [0.05, 0.1) is 50.3 Å². The van der Waals surface area contributed by atoms with Crippen LogP contribution in [0.2, 0.25) is 0 Å². The summed E-state index contributed by atoms with van der Waals surface area (Å²) in [5.74, 6) is -0.680. The van der Waals surface area contributed by atoms with Crippen molar-refractivity contribution in [1.82, 2.24) is 0 Å². The summed E-state index contributed by atoms with van der Waals surface area (Å²) in [5, 5.41) is 140. The topological polar surface area (TPSA) is 354 Å². The van der Waals surface area contributed by atoms with Gasteiger partial charge in [0.1, 0.15) is 85.6 Å². The maximum atomic E-state index is 14.2. The predicted molar refractivity (Wildman–Crippen MR) is 255 cm³/mol. The first-order valence-corrected chi connectivity index (χ1v) is 26.8. The Morgan fingerprint density at radius 2 is 1.31 bits per heavy atom. The van der Waals surface area contributed by atoms with Crippen molar-refractivity contribution in [3.05, 3.63) is 12.2 Å². The number of hydrogen-bond donors (Lipinski definition) is 13. The SMILES string of the molecule is C=C(C)[C@@H](O)CC[C@@](O)(CO[C@@H]1O[C@H](CO)[C@@H](O)[C@H](O)[C@H]1O)[C@H]1CC[C@]2(C)[C@@H]1CC[C@@H]1[C@@]3(C=O)CC[C@H](O[C@@H]4OC[C@H](O)[C@H](O[C@@H]5OC[C@@H](O)[C@H](O)[C@H]5O)[C@H]4O[C@H]4O[C@@H](C)[C@H](O)[C@@H](O)[C@H]4O)C(C)(C)[C@@H]3CC[C@]12C. The van der Waals surface area contributed by atoms with E-state index in [-0.39, 0.29) is 60.6 Å². The van der Waals surface area contributed by atoms with Crippen molar-refractivity contribution in [2.75, 3.05) is 26.4 Å². The molecule has 0 bridgehead atoms. The van der Waals surface area contributed by atoms with Crippen LogP contribution in [0.15, 0.2) is 12.2 Å². The molecule has 0 aromatic heterocycles. The van der Waals surface area contributed by atoms with E-state index >= 15 is 0 Å². The van der Waals surface area contributed by atoms with Gasteiger partial charge in [-0.25, -0.2) is 0 Å². The lowest BCUT2D eigenvalue weighted by Crippen LogP contribution is -2.67. The molecule has 8 rings (SSSR count). The molecule has 0 amide bonds. The first-order valence-electron chi connectivity index (χ1n) is 26.8. The Balaban J connectivity index is 1.03. The van der Waals surface area contributed by atoms with Crippen LogP contribution in [0, 0.1) is 45.3 Å². The summed E-state index contributed by atoms with van der Waals surface area (Å²) in [5.41, 5.74) is -3.30. The Labute approximate surface area is 432 Å². The second kappa shape index (κ2) is 22.2. The van der Waals surface area contributed by atoms with Crippen LogP contribution in [-0.4, -0.2) is 228 Å². The molecule has 4 aliphatic carbocycles. The molecule has 28 atom stereocenters. The smallest absolute Gasteiger partial charge is 0.187 e. The summed E-state index contributed by atoms with van der Waals surface area (Å²) in [6, 6.07) is 0. The van der Waals surface area contributed by atoms with Crippen LogP contribution in [0.5, 0.6) is 0 Å². The zero-order chi connectivity index (χ0) is 54.2. The van der Waals surface area contributed by atoms with E-state index in [1.54, 1.807) is 6.92 Å². The van der Waals surface area contributed by atoms with E-state index in [4.69, 9.17) is 37.9 Å². The summed E-state index contributed by atoms with van der Waals surface area (Å²) in [6.45, 7) is 14.0. The second-order valence-corrected chi connectivity index (χ2v) is 24.4. The van der Waals surface area contributed by atoms with Crippen molar-refractivity contribution in [3.63, 3.8) is 0 Å². The number of aliphatic hydroxyl groups is 13. The van der Waals surface area contributed by atoms with Gasteiger partial charge in [-0.05, 0) is 118 Å². The molecule has 8 fully saturated rings. The van der Waals surface area contributed by atoms with Gasteiger partial charge in [-0.15, -0.1) is 0 Å². The van der Waals surface area contributed by atoms with Crippen molar-refractivity contribution < 1.29 is 109 Å². The van der Waals surface area contributed by atoms with Crippen LogP contribution in [-0.2, 0) is 42.7 Å². The summed E-state index contributed by atoms with van der Waals surface area (Å²) >= 11 is 0. The molecule has 4 aliphatic heterocycles.